The van der Waals surface area contributed by atoms with Crippen molar-refractivity contribution in [2.45, 2.75) is 31.8 Å². The average Bonchev–Trinajstić information content (AvgIpc) is 3.64. The number of nitriles is 1. The molecule has 1 saturated heterocycles. The minimum atomic E-state index is -0.273. The molecule has 1 atom stereocenters. The van der Waals surface area contributed by atoms with Gasteiger partial charge in [0, 0.05) is 41.9 Å². The Morgan fingerprint density at radius 3 is 2.91 bits per heavy atom. The Morgan fingerprint density at radius 2 is 2.12 bits per heavy atom. The molecule has 1 fully saturated rings. The highest BCUT2D eigenvalue weighted by Gasteiger charge is 2.21. The van der Waals surface area contributed by atoms with Crippen molar-refractivity contribution in [3.63, 3.8) is 0 Å². The SMILES string of the molecule is N#Cc1cn2c(NCc3c(F)ccc4c3CCO4)ncc(-c3ccc([C@H]4CCCN4)cc3)c2n1. The van der Waals surface area contributed by atoms with Crippen LogP contribution in [0, 0.1) is 17.1 Å². The number of aromatic nitrogens is 3. The Bertz CT molecular complexity index is 1420. The van der Waals surface area contributed by atoms with E-state index < -0.39 is 0 Å². The zero-order valence-electron chi connectivity index (χ0n) is 18.5. The summed E-state index contributed by atoms with van der Waals surface area (Å²) >= 11 is 0. The van der Waals surface area contributed by atoms with Crippen molar-refractivity contribution < 1.29 is 9.13 Å². The maximum atomic E-state index is 14.6. The van der Waals surface area contributed by atoms with Gasteiger partial charge in [0.05, 0.1) is 12.8 Å². The highest BCUT2D eigenvalue weighted by Crippen LogP contribution is 2.32. The monoisotopic (exact) mass is 454 g/mol. The van der Waals surface area contributed by atoms with Gasteiger partial charge < -0.3 is 15.4 Å². The third-order valence-electron chi connectivity index (χ3n) is 6.65. The van der Waals surface area contributed by atoms with E-state index in [9.17, 15) is 9.65 Å². The molecule has 170 valence electrons. The van der Waals surface area contributed by atoms with Gasteiger partial charge in [0.2, 0.25) is 5.95 Å². The first-order valence-electron chi connectivity index (χ1n) is 11.5. The van der Waals surface area contributed by atoms with Gasteiger partial charge in [0.25, 0.3) is 0 Å². The summed E-state index contributed by atoms with van der Waals surface area (Å²) in [5, 5.41) is 16.2. The van der Waals surface area contributed by atoms with Crippen LogP contribution >= 0.6 is 0 Å². The van der Waals surface area contributed by atoms with Crippen molar-refractivity contribution in [1.29, 1.82) is 5.26 Å². The van der Waals surface area contributed by atoms with Crippen molar-refractivity contribution >= 4 is 11.6 Å². The van der Waals surface area contributed by atoms with Gasteiger partial charge in [-0.25, -0.2) is 14.4 Å². The molecule has 2 aliphatic rings. The van der Waals surface area contributed by atoms with Crippen molar-refractivity contribution in [2.24, 2.45) is 0 Å². The fourth-order valence-electron chi connectivity index (χ4n) is 4.90. The second-order valence-corrected chi connectivity index (χ2v) is 8.65. The van der Waals surface area contributed by atoms with Gasteiger partial charge >= 0.3 is 0 Å². The Morgan fingerprint density at radius 1 is 1.24 bits per heavy atom. The molecule has 0 spiro atoms. The number of rotatable bonds is 5. The fourth-order valence-corrected chi connectivity index (χ4v) is 4.90. The Kier molecular flexibility index (Phi) is 5.12. The molecule has 0 aliphatic carbocycles. The molecule has 2 N–H and O–H groups in total. The van der Waals surface area contributed by atoms with Crippen LogP contribution in [0.3, 0.4) is 0 Å². The minimum absolute atomic E-state index is 0.253. The fraction of sp³-hybridized carbons (Fsp3) is 0.269. The third kappa shape index (κ3) is 3.55. The zero-order chi connectivity index (χ0) is 23.1. The van der Waals surface area contributed by atoms with E-state index in [-0.39, 0.29) is 12.4 Å². The number of halogens is 1. The standard InChI is InChI=1S/C26H23FN6O/c27-22-7-8-24-19(9-11-34-24)21(22)14-31-26-30-13-20(25-32-18(12-28)15-33(25)26)16-3-5-17(6-4-16)23-2-1-10-29-23/h3-8,13,15,23,29H,1-2,9-11,14H2,(H,30,31)/t23-/m1/s1. The van der Waals surface area contributed by atoms with Crippen molar-refractivity contribution in [3.05, 3.63) is 77.0 Å². The van der Waals surface area contributed by atoms with Crippen molar-refractivity contribution in [3.8, 4) is 22.9 Å². The summed E-state index contributed by atoms with van der Waals surface area (Å²) in [5.41, 5.74) is 5.47. The van der Waals surface area contributed by atoms with E-state index in [0.29, 0.717) is 41.9 Å². The predicted molar refractivity (Wildman–Crippen MR) is 126 cm³/mol. The molecular weight excluding hydrogens is 431 g/mol. The molecular formula is C26H23FN6O. The van der Waals surface area contributed by atoms with Crippen LogP contribution in [0.5, 0.6) is 5.75 Å². The highest BCUT2D eigenvalue weighted by atomic mass is 19.1. The lowest BCUT2D eigenvalue weighted by molar-refractivity contribution is 0.356. The lowest BCUT2D eigenvalue weighted by Crippen LogP contribution is -2.12. The van der Waals surface area contributed by atoms with Crippen molar-refractivity contribution in [1.82, 2.24) is 19.7 Å². The number of nitrogens with one attached hydrogen (secondary N) is 2. The third-order valence-corrected chi connectivity index (χ3v) is 6.65. The maximum Gasteiger partial charge on any atom is 0.208 e. The molecule has 8 heteroatoms. The number of ether oxygens (including phenoxy) is 1. The normalized spacial score (nSPS) is 16.9. The van der Waals surface area contributed by atoms with Crippen molar-refractivity contribution in [2.75, 3.05) is 18.5 Å². The van der Waals surface area contributed by atoms with E-state index >= 15 is 0 Å². The van der Waals surface area contributed by atoms with Crippen LogP contribution in [0.15, 0.2) is 48.8 Å². The summed E-state index contributed by atoms with van der Waals surface area (Å²) in [5.74, 6) is 0.956. The second kappa shape index (κ2) is 8.43. The molecule has 0 amide bonds. The number of benzene rings is 2. The Balaban J connectivity index is 1.33. The van der Waals surface area contributed by atoms with Crippen LogP contribution in [0.1, 0.15) is 41.3 Å². The van der Waals surface area contributed by atoms with Gasteiger partial charge in [-0.3, -0.25) is 4.40 Å². The van der Waals surface area contributed by atoms with Crippen LogP contribution in [0.2, 0.25) is 0 Å². The van der Waals surface area contributed by atoms with E-state index in [2.05, 4.69) is 50.9 Å². The van der Waals surface area contributed by atoms with E-state index in [1.807, 2.05) is 0 Å². The minimum Gasteiger partial charge on any atom is -0.493 e. The average molecular weight is 455 g/mol. The first-order valence-corrected chi connectivity index (χ1v) is 11.5. The summed E-state index contributed by atoms with van der Waals surface area (Å²) in [6.07, 6.45) is 6.43. The molecule has 4 aromatic rings. The molecule has 0 bridgehead atoms. The molecule has 2 aromatic carbocycles. The molecule has 6 rings (SSSR count). The first kappa shape index (κ1) is 20.6. The molecule has 2 aromatic heterocycles. The summed E-state index contributed by atoms with van der Waals surface area (Å²) in [6.45, 7) is 1.87. The zero-order valence-corrected chi connectivity index (χ0v) is 18.5. The van der Waals surface area contributed by atoms with E-state index in [1.54, 1.807) is 22.9 Å². The first-order chi connectivity index (χ1) is 16.7. The molecule has 7 nitrogen and oxygen atoms in total. The Labute approximate surface area is 196 Å². The number of hydrogen-bond acceptors (Lipinski definition) is 6. The second-order valence-electron chi connectivity index (χ2n) is 8.65. The van der Waals surface area contributed by atoms with E-state index in [4.69, 9.17) is 4.74 Å². The van der Waals surface area contributed by atoms with Crippen LogP contribution in [0.25, 0.3) is 16.8 Å². The van der Waals surface area contributed by atoms with E-state index in [0.717, 1.165) is 35.4 Å². The number of imidazole rings is 1. The van der Waals surface area contributed by atoms with Crippen LogP contribution in [0.4, 0.5) is 10.3 Å². The summed E-state index contributed by atoms with van der Waals surface area (Å²) < 4.78 is 21.9. The van der Waals surface area contributed by atoms with Crippen LogP contribution < -0.4 is 15.4 Å². The largest absolute Gasteiger partial charge is 0.493 e. The highest BCUT2D eigenvalue weighted by molar-refractivity contribution is 5.78. The topological polar surface area (TPSA) is 87.3 Å². The lowest BCUT2D eigenvalue weighted by Gasteiger charge is -2.14. The molecule has 4 heterocycles. The summed E-state index contributed by atoms with van der Waals surface area (Å²) in [6, 6.07) is 14.0. The number of nitrogens with zero attached hydrogens (tertiary/aromatic N) is 4. The predicted octanol–water partition coefficient (Wildman–Crippen LogP) is 4.38. The lowest BCUT2D eigenvalue weighted by atomic mass is 10.0. The molecule has 0 radical (unpaired) electrons. The molecule has 2 aliphatic heterocycles. The maximum absolute atomic E-state index is 14.6. The van der Waals surface area contributed by atoms with E-state index in [1.165, 1.54) is 18.1 Å². The summed E-state index contributed by atoms with van der Waals surface area (Å²) in [4.78, 5) is 9.12. The number of fused-ring (bicyclic) bond motifs is 2. The van der Waals surface area contributed by atoms with Gasteiger partial charge in [0.15, 0.2) is 11.3 Å². The molecule has 34 heavy (non-hydrogen) atoms. The smallest absolute Gasteiger partial charge is 0.208 e. The van der Waals surface area contributed by atoms with Gasteiger partial charge in [-0.2, -0.15) is 5.26 Å². The molecule has 0 unspecified atom stereocenters. The van der Waals surface area contributed by atoms with Gasteiger partial charge in [-0.05, 0) is 42.6 Å². The van der Waals surface area contributed by atoms with Crippen LogP contribution in [-0.2, 0) is 13.0 Å². The van der Waals surface area contributed by atoms with Gasteiger partial charge in [-0.15, -0.1) is 0 Å². The quantitative estimate of drug-likeness (QED) is 0.465. The van der Waals surface area contributed by atoms with Gasteiger partial charge in [0.1, 0.15) is 17.6 Å². The number of anilines is 1. The Hall–Kier alpha value is -3.96. The molecule has 0 saturated carbocycles. The number of hydrogen-bond donors (Lipinski definition) is 2. The summed E-state index contributed by atoms with van der Waals surface area (Å²) in [7, 11) is 0. The van der Waals surface area contributed by atoms with Crippen LogP contribution in [-0.4, -0.2) is 27.5 Å². The van der Waals surface area contributed by atoms with Gasteiger partial charge in [-0.1, -0.05) is 24.3 Å².